The molecule has 0 saturated carbocycles. The molecule has 0 radical (unpaired) electrons. The monoisotopic (exact) mass is 393 g/mol. The van der Waals surface area contributed by atoms with Gasteiger partial charge in [-0.2, -0.15) is 0 Å². The summed E-state index contributed by atoms with van der Waals surface area (Å²) in [7, 11) is 0. The van der Waals surface area contributed by atoms with Crippen LogP contribution >= 0.6 is 11.3 Å². The van der Waals surface area contributed by atoms with Crippen LogP contribution in [0.1, 0.15) is 44.9 Å². The molecule has 0 bridgehead atoms. The van der Waals surface area contributed by atoms with E-state index in [1.165, 1.54) is 17.8 Å². The third-order valence-corrected chi connectivity index (χ3v) is 6.55. The highest BCUT2D eigenvalue weighted by Gasteiger charge is 2.20. The van der Waals surface area contributed by atoms with Gasteiger partial charge in [0.1, 0.15) is 0 Å². The van der Waals surface area contributed by atoms with Crippen LogP contribution in [-0.4, -0.2) is 24.9 Å². The zero-order valence-electron chi connectivity index (χ0n) is 15.8. The standard InChI is InChI=1S/C22H23N3O2S/c1-14-16-7-3-4-8-19(16)28-20(14)22(27)24-17-13-15(21(23)26)9-10-18(17)25-11-5-2-6-12-25/h3-4,7-10,13H,2,5-6,11-12H2,1H3,(H2,23,26)(H,24,27). The first-order chi connectivity index (χ1) is 13.5. The number of nitrogens with one attached hydrogen (secondary N) is 1. The van der Waals surface area contributed by atoms with Gasteiger partial charge in [-0.15, -0.1) is 11.3 Å². The van der Waals surface area contributed by atoms with Crippen LogP contribution < -0.4 is 16.0 Å². The maximum Gasteiger partial charge on any atom is 0.266 e. The number of anilines is 2. The second-order valence-electron chi connectivity index (χ2n) is 7.15. The predicted octanol–water partition coefficient (Wildman–Crippen LogP) is 4.55. The normalized spacial score (nSPS) is 14.2. The van der Waals surface area contributed by atoms with Gasteiger partial charge in [-0.1, -0.05) is 18.2 Å². The quantitative estimate of drug-likeness (QED) is 0.683. The van der Waals surface area contributed by atoms with Crippen LogP contribution in [0.3, 0.4) is 0 Å². The Kier molecular flexibility index (Phi) is 5.05. The number of benzene rings is 2. The van der Waals surface area contributed by atoms with Crippen molar-refractivity contribution in [3.05, 3.63) is 58.5 Å². The van der Waals surface area contributed by atoms with Crippen LogP contribution in [0.2, 0.25) is 0 Å². The van der Waals surface area contributed by atoms with E-state index >= 15 is 0 Å². The van der Waals surface area contributed by atoms with Gasteiger partial charge in [-0.25, -0.2) is 0 Å². The third-order valence-electron chi connectivity index (χ3n) is 5.28. The summed E-state index contributed by atoms with van der Waals surface area (Å²) in [6.07, 6.45) is 3.47. The van der Waals surface area contributed by atoms with Crippen LogP contribution in [0.15, 0.2) is 42.5 Å². The predicted molar refractivity (Wildman–Crippen MR) is 116 cm³/mol. The lowest BCUT2D eigenvalue weighted by Crippen LogP contribution is -2.30. The number of thiophene rings is 1. The molecule has 3 aromatic rings. The summed E-state index contributed by atoms with van der Waals surface area (Å²) in [5, 5.41) is 4.14. The molecule has 1 aromatic heterocycles. The molecule has 2 aromatic carbocycles. The number of primary amides is 1. The largest absolute Gasteiger partial charge is 0.370 e. The topological polar surface area (TPSA) is 75.4 Å². The van der Waals surface area contributed by atoms with Crippen LogP contribution in [0.5, 0.6) is 0 Å². The molecule has 5 nitrogen and oxygen atoms in total. The van der Waals surface area contributed by atoms with Gasteiger partial charge >= 0.3 is 0 Å². The Morgan fingerprint density at radius 1 is 1.07 bits per heavy atom. The molecule has 1 fully saturated rings. The number of carbonyl (C=O) groups is 2. The summed E-state index contributed by atoms with van der Waals surface area (Å²) in [5.41, 5.74) is 8.41. The van der Waals surface area contributed by atoms with Crippen molar-refractivity contribution >= 4 is 44.6 Å². The number of aryl methyl sites for hydroxylation is 1. The van der Waals surface area contributed by atoms with Crippen molar-refractivity contribution in [1.29, 1.82) is 0 Å². The number of carbonyl (C=O) groups excluding carboxylic acids is 2. The molecule has 1 aliphatic rings. The number of amides is 2. The van der Waals surface area contributed by atoms with Crippen molar-refractivity contribution in [1.82, 2.24) is 0 Å². The summed E-state index contributed by atoms with van der Waals surface area (Å²) >= 11 is 1.49. The summed E-state index contributed by atoms with van der Waals surface area (Å²) in [4.78, 5) is 27.7. The molecule has 0 atom stereocenters. The van der Waals surface area contributed by atoms with Gasteiger partial charge in [-0.3, -0.25) is 9.59 Å². The van der Waals surface area contributed by atoms with E-state index in [-0.39, 0.29) is 5.91 Å². The number of nitrogens with two attached hydrogens (primary N) is 1. The van der Waals surface area contributed by atoms with Gasteiger partial charge in [-0.05, 0) is 61.4 Å². The molecule has 6 heteroatoms. The fraction of sp³-hybridized carbons (Fsp3) is 0.273. The van der Waals surface area contributed by atoms with Crippen molar-refractivity contribution in [2.75, 3.05) is 23.3 Å². The van der Waals surface area contributed by atoms with E-state index in [0.717, 1.165) is 47.3 Å². The summed E-state index contributed by atoms with van der Waals surface area (Å²) < 4.78 is 1.09. The third kappa shape index (κ3) is 3.47. The first kappa shape index (κ1) is 18.5. The van der Waals surface area contributed by atoms with Gasteiger partial charge in [0.25, 0.3) is 5.91 Å². The van der Waals surface area contributed by atoms with Crippen LogP contribution in [0, 0.1) is 6.92 Å². The minimum atomic E-state index is -0.501. The lowest BCUT2D eigenvalue weighted by Gasteiger charge is -2.30. The number of hydrogen-bond acceptors (Lipinski definition) is 4. The Labute approximate surface area is 168 Å². The zero-order chi connectivity index (χ0) is 19.7. The fourth-order valence-electron chi connectivity index (χ4n) is 3.77. The zero-order valence-corrected chi connectivity index (χ0v) is 16.6. The maximum absolute atomic E-state index is 13.1. The van der Waals surface area contributed by atoms with E-state index in [2.05, 4.69) is 10.2 Å². The highest BCUT2D eigenvalue weighted by atomic mass is 32.1. The second kappa shape index (κ2) is 7.64. The molecule has 3 N–H and O–H groups in total. The Morgan fingerprint density at radius 3 is 2.54 bits per heavy atom. The van der Waals surface area contributed by atoms with E-state index in [1.807, 2.05) is 37.3 Å². The Bertz CT molecular complexity index is 1050. The van der Waals surface area contributed by atoms with Crippen molar-refractivity contribution in [2.24, 2.45) is 5.73 Å². The SMILES string of the molecule is Cc1c(C(=O)Nc2cc(C(N)=O)ccc2N2CCCCC2)sc2ccccc12. The maximum atomic E-state index is 13.1. The van der Waals surface area contributed by atoms with Gasteiger partial charge < -0.3 is 16.0 Å². The first-order valence-electron chi connectivity index (χ1n) is 9.53. The molecule has 28 heavy (non-hydrogen) atoms. The highest BCUT2D eigenvalue weighted by molar-refractivity contribution is 7.21. The number of nitrogens with zero attached hydrogens (tertiary/aromatic N) is 1. The van der Waals surface area contributed by atoms with Crippen molar-refractivity contribution in [3.8, 4) is 0 Å². The van der Waals surface area contributed by atoms with E-state index in [9.17, 15) is 9.59 Å². The lowest BCUT2D eigenvalue weighted by molar-refractivity contribution is 0.0996. The van der Waals surface area contributed by atoms with Crippen LogP contribution in [0.25, 0.3) is 10.1 Å². The first-order valence-corrected chi connectivity index (χ1v) is 10.3. The van der Waals surface area contributed by atoms with Crippen molar-refractivity contribution < 1.29 is 9.59 Å². The number of piperidine rings is 1. The van der Waals surface area contributed by atoms with Gasteiger partial charge in [0.15, 0.2) is 0 Å². The Hall–Kier alpha value is -2.86. The molecule has 2 amide bonds. The van der Waals surface area contributed by atoms with Crippen molar-refractivity contribution in [2.45, 2.75) is 26.2 Å². The van der Waals surface area contributed by atoms with Crippen molar-refractivity contribution in [3.63, 3.8) is 0 Å². The molecular formula is C22H23N3O2S. The minimum absolute atomic E-state index is 0.154. The molecule has 4 rings (SSSR count). The average Bonchev–Trinajstić information content (AvgIpc) is 3.05. The molecule has 0 unspecified atom stereocenters. The smallest absolute Gasteiger partial charge is 0.266 e. The molecular weight excluding hydrogens is 370 g/mol. The van der Waals surface area contributed by atoms with Crippen LogP contribution in [-0.2, 0) is 0 Å². The van der Waals surface area contributed by atoms with E-state index < -0.39 is 5.91 Å². The molecule has 1 saturated heterocycles. The number of fused-ring (bicyclic) bond motifs is 1. The second-order valence-corrected chi connectivity index (χ2v) is 8.20. The van der Waals surface area contributed by atoms with Gasteiger partial charge in [0, 0.05) is 23.4 Å². The molecule has 1 aliphatic heterocycles. The number of rotatable bonds is 4. The Balaban J connectivity index is 1.70. The van der Waals surface area contributed by atoms with E-state index in [4.69, 9.17) is 5.73 Å². The fourth-order valence-corrected chi connectivity index (χ4v) is 4.87. The molecule has 144 valence electrons. The number of hydrogen-bond donors (Lipinski definition) is 2. The molecule has 0 spiro atoms. The van der Waals surface area contributed by atoms with Crippen LogP contribution in [0.4, 0.5) is 11.4 Å². The Morgan fingerprint density at radius 2 is 1.82 bits per heavy atom. The summed E-state index contributed by atoms with van der Waals surface area (Å²) in [6.45, 7) is 3.86. The molecule has 2 heterocycles. The molecule has 0 aliphatic carbocycles. The van der Waals surface area contributed by atoms with E-state index in [1.54, 1.807) is 12.1 Å². The van der Waals surface area contributed by atoms with Gasteiger partial charge in [0.2, 0.25) is 5.91 Å². The summed E-state index contributed by atoms with van der Waals surface area (Å²) in [6, 6.07) is 13.3. The highest BCUT2D eigenvalue weighted by Crippen LogP contribution is 2.33. The minimum Gasteiger partial charge on any atom is -0.370 e. The van der Waals surface area contributed by atoms with Gasteiger partial charge in [0.05, 0.1) is 16.3 Å². The lowest BCUT2D eigenvalue weighted by atomic mass is 10.1. The van der Waals surface area contributed by atoms with E-state index in [0.29, 0.717) is 16.1 Å². The average molecular weight is 394 g/mol. The summed E-state index contributed by atoms with van der Waals surface area (Å²) in [5.74, 6) is -0.655.